The van der Waals surface area contributed by atoms with Gasteiger partial charge in [0, 0.05) is 11.9 Å². The minimum absolute atomic E-state index is 0.173. The molecular formula is C18H23N3O5S. The number of ether oxygens (including phenoxy) is 2. The Hall–Kier alpha value is -2.68. The lowest BCUT2D eigenvalue weighted by molar-refractivity contribution is -0.119. The number of hydrogen-bond donors (Lipinski definition) is 1. The number of esters is 2. The molecule has 2 heterocycles. The van der Waals surface area contributed by atoms with E-state index < -0.39 is 18.0 Å². The van der Waals surface area contributed by atoms with Crippen molar-refractivity contribution in [1.29, 1.82) is 0 Å². The number of aromatic nitrogens is 2. The molecule has 0 fully saturated rings. The Bertz CT molecular complexity index is 855. The molecule has 0 radical (unpaired) electrons. The summed E-state index contributed by atoms with van der Waals surface area (Å²) in [5, 5.41) is 7.13. The minimum atomic E-state index is -0.594. The molecule has 0 saturated heterocycles. The molecule has 2 rings (SSSR count). The molecule has 0 aromatic carbocycles. The van der Waals surface area contributed by atoms with E-state index in [0.29, 0.717) is 12.0 Å². The van der Waals surface area contributed by atoms with Crippen LogP contribution in [0.25, 0.3) is 0 Å². The summed E-state index contributed by atoms with van der Waals surface area (Å²) in [6.45, 7) is 7.30. The van der Waals surface area contributed by atoms with E-state index in [1.165, 1.54) is 7.11 Å². The largest absolute Gasteiger partial charge is 0.465 e. The lowest BCUT2D eigenvalue weighted by Crippen LogP contribution is -2.25. The number of nitrogens with one attached hydrogen (secondary N) is 1. The first-order valence-electron chi connectivity index (χ1n) is 8.51. The molecule has 27 heavy (non-hydrogen) atoms. The van der Waals surface area contributed by atoms with E-state index in [0.717, 1.165) is 17.0 Å². The fourth-order valence-electron chi connectivity index (χ4n) is 2.51. The zero-order valence-electron chi connectivity index (χ0n) is 16.0. The van der Waals surface area contributed by atoms with Gasteiger partial charge in [-0.1, -0.05) is 6.92 Å². The summed E-state index contributed by atoms with van der Waals surface area (Å²) in [6, 6.07) is 1.20. The van der Waals surface area contributed by atoms with Crippen molar-refractivity contribution < 1.29 is 23.9 Å². The first-order valence-corrected chi connectivity index (χ1v) is 9.33. The summed E-state index contributed by atoms with van der Waals surface area (Å²) in [7, 11) is 1.26. The fraction of sp³-hybridized carbons (Fsp3) is 0.444. The maximum absolute atomic E-state index is 12.7. The number of aryl methyl sites for hydroxylation is 1. The van der Waals surface area contributed by atoms with Crippen LogP contribution in [0, 0.1) is 13.8 Å². The monoisotopic (exact) mass is 393 g/mol. The van der Waals surface area contributed by atoms with Gasteiger partial charge in [-0.15, -0.1) is 11.3 Å². The van der Waals surface area contributed by atoms with Crippen LogP contribution < -0.4 is 5.32 Å². The number of nitrogens with zero attached hydrogens (tertiary/aromatic N) is 2. The highest BCUT2D eigenvalue weighted by atomic mass is 32.1. The number of hydrogen-bond acceptors (Lipinski definition) is 7. The Balaban J connectivity index is 2.36. The second kappa shape index (κ2) is 8.81. The summed E-state index contributed by atoms with van der Waals surface area (Å²) in [4.78, 5) is 37.4. The first kappa shape index (κ1) is 20.6. The van der Waals surface area contributed by atoms with Gasteiger partial charge >= 0.3 is 11.9 Å². The highest BCUT2D eigenvalue weighted by Gasteiger charge is 2.28. The van der Waals surface area contributed by atoms with Gasteiger partial charge in [0.2, 0.25) is 5.91 Å². The Morgan fingerprint density at radius 1 is 1.30 bits per heavy atom. The molecule has 2 aromatic heterocycles. The first-order chi connectivity index (χ1) is 12.8. The Labute approximate surface area is 161 Å². The number of anilines is 1. The molecule has 1 amide bonds. The van der Waals surface area contributed by atoms with Crippen LogP contribution in [0.2, 0.25) is 0 Å². The van der Waals surface area contributed by atoms with Crippen molar-refractivity contribution in [2.24, 2.45) is 0 Å². The Morgan fingerprint density at radius 2 is 2.00 bits per heavy atom. The maximum Gasteiger partial charge on any atom is 0.348 e. The molecule has 8 nitrogen and oxygen atoms in total. The van der Waals surface area contributed by atoms with Crippen LogP contribution in [-0.4, -0.2) is 41.3 Å². The third-order valence-corrected chi connectivity index (χ3v) is 5.20. The van der Waals surface area contributed by atoms with Crippen LogP contribution in [0.5, 0.6) is 0 Å². The lowest BCUT2D eigenvalue weighted by atomic mass is 10.1. The zero-order valence-corrected chi connectivity index (χ0v) is 16.8. The Morgan fingerprint density at radius 3 is 2.56 bits per heavy atom. The highest BCUT2D eigenvalue weighted by Crippen LogP contribution is 2.34. The lowest BCUT2D eigenvalue weighted by Gasteiger charge is -2.14. The van der Waals surface area contributed by atoms with Crippen molar-refractivity contribution in [3.05, 3.63) is 34.0 Å². The van der Waals surface area contributed by atoms with E-state index in [1.807, 2.05) is 13.8 Å². The second-order valence-corrected chi connectivity index (χ2v) is 6.99. The van der Waals surface area contributed by atoms with E-state index in [9.17, 15) is 14.4 Å². The van der Waals surface area contributed by atoms with Gasteiger partial charge in [-0.25, -0.2) is 9.59 Å². The topological polar surface area (TPSA) is 99.5 Å². The number of methoxy groups -OCH3 is 1. The molecule has 2 aromatic rings. The van der Waals surface area contributed by atoms with Crippen LogP contribution in [0.15, 0.2) is 12.3 Å². The summed E-state index contributed by atoms with van der Waals surface area (Å²) in [5.41, 5.74) is 1.43. The molecule has 0 spiro atoms. The number of amides is 1. The van der Waals surface area contributed by atoms with E-state index in [4.69, 9.17) is 9.47 Å². The highest BCUT2D eigenvalue weighted by molar-refractivity contribution is 7.18. The van der Waals surface area contributed by atoms with Gasteiger partial charge < -0.3 is 14.8 Å². The van der Waals surface area contributed by atoms with Crippen molar-refractivity contribution in [3.8, 4) is 0 Å². The molecule has 1 atom stereocenters. The van der Waals surface area contributed by atoms with Crippen molar-refractivity contribution in [1.82, 2.24) is 9.78 Å². The third-order valence-electron chi connectivity index (χ3n) is 4.01. The van der Waals surface area contributed by atoms with Gasteiger partial charge in [-0.3, -0.25) is 9.48 Å². The summed E-state index contributed by atoms with van der Waals surface area (Å²) >= 11 is 0.991. The number of rotatable bonds is 7. The molecule has 0 bridgehead atoms. The Kier molecular flexibility index (Phi) is 6.73. The van der Waals surface area contributed by atoms with Gasteiger partial charge in [0.1, 0.15) is 15.9 Å². The van der Waals surface area contributed by atoms with Crippen LogP contribution in [0.1, 0.15) is 57.6 Å². The maximum atomic E-state index is 12.7. The van der Waals surface area contributed by atoms with E-state index in [1.54, 1.807) is 30.8 Å². The van der Waals surface area contributed by atoms with Gasteiger partial charge in [-0.05, 0) is 38.8 Å². The average Bonchev–Trinajstić information content (AvgIpc) is 3.21. The smallest absolute Gasteiger partial charge is 0.348 e. The summed E-state index contributed by atoms with van der Waals surface area (Å²) in [6.07, 6.45) is 2.27. The molecule has 146 valence electrons. The molecule has 0 aliphatic heterocycles. The molecular weight excluding hydrogens is 370 g/mol. The molecule has 1 N–H and O–H groups in total. The standard InChI is InChI=1S/C18H23N3O5S/c1-6-9-26-17(23)13-11(3)14(18(24)25-5)27-16(13)20-15(22)12(4)21-10(2)7-8-19-21/h7-8,12H,6,9H2,1-5H3,(H,20,22). The molecule has 0 aliphatic rings. The van der Waals surface area contributed by atoms with Gasteiger partial charge in [0.15, 0.2) is 0 Å². The summed E-state index contributed by atoms with van der Waals surface area (Å²) < 4.78 is 11.5. The van der Waals surface area contributed by atoms with Gasteiger partial charge in [0.05, 0.1) is 19.3 Å². The predicted octanol–water partition coefficient (Wildman–Crippen LogP) is 3.11. The summed E-state index contributed by atoms with van der Waals surface area (Å²) in [5.74, 6) is -1.51. The predicted molar refractivity (Wildman–Crippen MR) is 101 cm³/mol. The third kappa shape index (κ3) is 4.36. The number of carbonyl (C=O) groups excluding carboxylic acids is 3. The van der Waals surface area contributed by atoms with E-state index >= 15 is 0 Å². The van der Waals surface area contributed by atoms with Crippen LogP contribution in [-0.2, 0) is 14.3 Å². The van der Waals surface area contributed by atoms with Crippen molar-refractivity contribution in [3.63, 3.8) is 0 Å². The van der Waals surface area contributed by atoms with Crippen LogP contribution in [0.3, 0.4) is 0 Å². The number of thiophene rings is 1. The molecule has 0 saturated carbocycles. The van der Waals surface area contributed by atoms with Gasteiger partial charge in [-0.2, -0.15) is 5.10 Å². The van der Waals surface area contributed by atoms with E-state index in [-0.39, 0.29) is 28.0 Å². The van der Waals surface area contributed by atoms with Crippen LogP contribution >= 0.6 is 11.3 Å². The number of carbonyl (C=O) groups is 3. The van der Waals surface area contributed by atoms with Crippen molar-refractivity contribution >= 4 is 34.2 Å². The van der Waals surface area contributed by atoms with Crippen molar-refractivity contribution in [2.75, 3.05) is 19.0 Å². The molecule has 0 aliphatic carbocycles. The molecule has 9 heteroatoms. The average molecular weight is 393 g/mol. The quantitative estimate of drug-likeness (QED) is 0.726. The zero-order chi connectivity index (χ0) is 20.1. The minimum Gasteiger partial charge on any atom is -0.465 e. The SMILES string of the molecule is CCCOC(=O)c1c(NC(=O)C(C)n2nccc2C)sc(C(=O)OC)c1C. The van der Waals surface area contributed by atoms with E-state index in [2.05, 4.69) is 10.4 Å². The fourth-order valence-corrected chi connectivity index (χ4v) is 3.63. The van der Waals surface area contributed by atoms with Crippen LogP contribution in [0.4, 0.5) is 5.00 Å². The second-order valence-electron chi connectivity index (χ2n) is 5.97. The van der Waals surface area contributed by atoms with Crippen molar-refractivity contribution in [2.45, 2.75) is 40.2 Å². The van der Waals surface area contributed by atoms with Gasteiger partial charge in [0.25, 0.3) is 0 Å². The molecule has 1 unspecified atom stereocenters. The normalized spacial score (nSPS) is 11.7.